The lowest BCUT2D eigenvalue weighted by atomic mass is 10.1. The monoisotopic (exact) mass is 236 g/mol. The Bertz CT molecular complexity index is 391. The number of anilines is 2. The van der Waals surface area contributed by atoms with Gasteiger partial charge in [0.1, 0.15) is 0 Å². The topological polar surface area (TPSA) is 55.6 Å². The van der Waals surface area contributed by atoms with Gasteiger partial charge in [-0.15, -0.1) is 0 Å². The summed E-state index contributed by atoms with van der Waals surface area (Å²) >= 11 is 0. The van der Waals surface area contributed by atoms with Crippen molar-refractivity contribution in [2.24, 2.45) is 0 Å². The largest absolute Gasteiger partial charge is 0.462 e. The maximum atomic E-state index is 11.7. The van der Waals surface area contributed by atoms with Crippen LogP contribution in [0.15, 0.2) is 18.2 Å². The summed E-state index contributed by atoms with van der Waals surface area (Å²) in [5, 5.41) is 0. The number of ether oxygens (including phenoxy) is 1. The van der Waals surface area contributed by atoms with E-state index in [1.54, 1.807) is 19.1 Å². The maximum absolute atomic E-state index is 11.7. The zero-order valence-electron chi connectivity index (χ0n) is 10.7. The fraction of sp³-hybridized carbons (Fsp3) is 0.462. The summed E-state index contributed by atoms with van der Waals surface area (Å²) in [6.07, 6.45) is 1.05. The Kier molecular flexibility index (Phi) is 4.82. The van der Waals surface area contributed by atoms with Gasteiger partial charge in [0.2, 0.25) is 0 Å². The molecule has 0 heterocycles. The molecule has 0 saturated carbocycles. The lowest BCUT2D eigenvalue weighted by molar-refractivity contribution is 0.0527. The Balaban J connectivity index is 2.97. The summed E-state index contributed by atoms with van der Waals surface area (Å²) in [7, 11) is 1.99. The average Bonchev–Trinajstić information content (AvgIpc) is 2.30. The zero-order valence-corrected chi connectivity index (χ0v) is 10.7. The van der Waals surface area contributed by atoms with Gasteiger partial charge in [0.15, 0.2) is 0 Å². The van der Waals surface area contributed by atoms with E-state index in [1.807, 2.05) is 13.1 Å². The third kappa shape index (κ3) is 3.37. The number of benzene rings is 1. The first-order chi connectivity index (χ1) is 8.10. The van der Waals surface area contributed by atoms with Gasteiger partial charge in [0.05, 0.1) is 12.2 Å². The van der Waals surface area contributed by atoms with Gasteiger partial charge >= 0.3 is 5.97 Å². The van der Waals surface area contributed by atoms with Gasteiger partial charge < -0.3 is 15.4 Å². The molecule has 0 aliphatic heterocycles. The molecule has 2 N–H and O–H groups in total. The van der Waals surface area contributed by atoms with Crippen LogP contribution in [0.25, 0.3) is 0 Å². The van der Waals surface area contributed by atoms with E-state index in [4.69, 9.17) is 10.5 Å². The van der Waals surface area contributed by atoms with Crippen LogP contribution >= 0.6 is 0 Å². The van der Waals surface area contributed by atoms with Crippen molar-refractivity contribution < 1.29 is 9.53 Å². The van der Waals surface area contributed by atoms with Gasteiger partial charge in [-0.3, -0.25) is 0 Å². The molecule has 1 aromatic rings. The molecule has 0 unspecified atom stereocenters. The number of nitrogens with zero attached hydrogens (tertiary/aromatic N) is 1. The molecule has 0 aliphatic rings. The molecule has 0 aromatic heterocycles. The van der Waals surface area contributed by atoms with Crippen LogP contribution in [-0.2, 0) is 4.74 Å². The quantitative estimate of drug-likeness (QED) is 0.629. The molecule has 4 heteroatoms. The number of hydrogen-bond acceptors (Lipinski definition) is 4. The standard InChI is InChI=1S/C13H20N2O2/c1-4-8-15(3)10-6-7-12(14)11(9-10)13(16)17-5-2/h6-7,9H,4-5,8,14H2,1-3H3. The minimum Gasteiger partial charge on any atom is -0.462 e. The van der Waals surface area contributed by atoms with Gasteiger partial charge in [0, 0.05) is 25.0 Å². The van der Waals surface area contributed by atoms with Crippen LogP contribution in [0.5, 0.6) is 0 Å². The lowest BCUT2D eigenvalue weighted by Crippen LogP contribution is -2.18. The molecule has 0 amide bonds. The molecule has 0 bridgehead atoms. The number of esters is 1. The molecule has 0 atom stereocenters. The lowest BCUT2D eigenvalue weighted by Gasteiger charge is -2.19. The highest BCUT2D eigenvalue weighted by Gasteiger charge is 2.12. The highest BCUT2D eigenvalue weighted by Crippen LogP contribution is 2.21. The summed E-state index contributed by atoms with van der Waals surface area (Å²) < 4.78 is 4.97. The fourth-order valence-corrected chi connectivity index (χ4v) is 1.63. The van der Waals surface area contributed by atoms with Crippen LogP contribution in [0.3, 0.4) is 0 Å². The first kappa shape index (κ1) is 13.4. The summed E-state index contributed by atoms with van der Waals surface area (Å²) in [5.41, 5.74) is 7.64. The van der Waals surface area contributed by atoms with E-state index >= 15 is 0 Å². The van der Waals surface area contributed by atoms with E-state index in [1.165, 1.54) is 0 Å². The van der Waals surface area contributed by atoms with Crippen molar-refractivity contribution in [3.63, 3.8) is 0 Å². The Hall–Kier alpha value is -1.71. The van der Waals surface area contributed by atoms with E-state index in [2.05, 4.69) is 11.8 Å². The van der Waals surface area contributed by atoms with E-state index in [9.17, 15) is 4.79 Å². The van der Waals surface area contributed by atoms with Gasteiger partial charge in [0.25, 0.3) is 0 Å². The zero-order chi connectivity index (χ0) is 12.8. The number of rotatable bonds is 5. The van der Waals surface area contributed by atoms with Gasteiger partial charge in [-0.05, 0) is 31.5 Å². The minimum atomic E-state index is -0.364. The van der Waals surface area contributed by atoms with Crippen LogP contribution in [-0.4, -0.2) is 26.2 Å². The summed E-state index contributed by atoms with van der Waals surface area (Å²) in [5.74, 6) is -0.364. The molecule has 17 heavy (non-hydrogen) atoms. The van der Waals surface area contributed by atoms with Crippen molar-refractivity contribution >= 4 is 17.3 Å². The first-order valence-electron chi connectivity index (χ1n) is 5.87. The predicted molar refractivity (Wildman–Crippen MR) is 70.4 cm³/mol. The third-order valence-corrected chi connectivity index (χ3v) is 2.53. The minimum absolute atomic E-state index is 0.354. The van der Waals surface area contributed by atoms with Crippen molar-refractivity contribution in [1.82, 2.24) is 0 Å². The summed E-state index contributed by atoms with van der Waals surface area (Å²) in [4.78, 5) is 13.8. The van der Waals surface area contributed by atoms with Crippen molar-refractivity contribution in [1.29, 1.82) is 0 Å². The van der Waals surface area contributed by atoms with Crippen LogP contribution < -0.4 is 10.6 Å². The molecule has 0 fully saturated rings. The number of nitrogens with two attached hydrogens (primary N) is 1. The smallest absolute Gasteiger partial charge is 0.340 e. The molecule has 94 valence electrons. The Morgan fingerprint density at radius 1 is 1.41 bits per heavy atom. The van der Waals surface area contributed by atoms with Crippen molar-refractivity contribution in [2.75, 3.05) is 30.8 Å². The molecule has 1 rings (SSSR count). The number of hydrogen-bond donors (Lipinski definition) is 1. The normalized spacial score (nSPS) is 10.1. The predicted octanol–water partition coefficient (Wildman–Crippen LogP) is 2.29. The van der Waals surface area contributed by atoms with E-state index in [0.717, 1.165) is 18.7 Å². The molecular weight excluding hydrogens is 216 g/mol. The molecular formula is C13H20N2O2. The van der Waals surface area contributed by atoms with E-state index in [-0.39, 0.29) is 5.97 Å². The van der Waals surface area contributed by atoms with Gasteiger partial charge in [-0.1, -0.05) is 6.92 Å². The van der Waals surface area contributed by atoms with E-state index in [0.29, 0.717) is 17.9 Å². The van der Waals surface area contributed by atoms with E-state index < -0.39 is 0 Å². The van der Waals surface area contributed by atoms with Crippen LogP contribution in [0.4, 0.5) is 11.4 Å². The molecule has 0 aliphatic carbocycles. The molecule has 1 aromatic carbocycles. The molecule has 4 nitrogen and oxygen atoms in total. The SMILES string of the molecule is CCCN(C)c1ccc(N)c(C(=O)OCC)c1. The van der Waals surface area contributed by atoms with Crippen molar-refractivity contribution in [2.45, 2.75) is 20.3 Å². The Labute approximate surface area is 102 Å². The third-order valence-electron chi connectivity index (χ3n) is 2.53. The highest BCUT2D eigenvalue weighted by atomic mass is 16.5. The second-order valence-corrected chi connectivity index (χ2v) is 3.91. The highest BCUT2D eigenvalue weighted by molar-refractivity contribution is 5.96. The van der Waals surface area contributed by atoms with Crippen LogP contribution in [0, 0.1) is 0 Å². The van der Waals surface area contributed by atoms with Crippen LogP contribution in [0.2, 0.25) is 0 Å². The second kappa shape index (κ2) is 6.13. The average molecular weight is 236 g/mol. The molecule has 0 saturated heterocycles. The van der Waals surface area contributed by atoms with Crippen LogP contribution in [0.1, 0.15) is 30.6 Å². The number of nitrogen functional groups attached to an aromatic ring is 1. The number of carbonyl (C=O) groups excluding carboxylic acids is 1. The summed E-state index contributed by atoms with van der Waals surface area (Å²) in [6, 6.07) is 5.43. The van der Waals surface area contributed by atoms with Crippen molar-refractivity contribution in [3.05, 3.63) is 23.8 Å². The molecule has 0 radical (unpaired) electrons. The Morgan fingerprint density at radius 3 is 2.71 bits per heavy atom. The fourth-order valence-electron chi connectivity index (χ4n) is 1.63. The second-order valence-electron chi connectivity index (χ2n) is 3.91. The number of carbonyl (C=O) groups is 1. The first-order valence-corrected chi connectivity index (χ1v) is 5.87. The van der Waals surface area contributed by atoms with Crippen molar-refractivity contribution in [3.8, 4) is 0 Å². The van der Waals surface area contributed by atoms with Gasteiger partial charge in [-0.2, -0.15) is 0 Å². The summed E-state index contributed by atoms with van der Waals surface area (Å²) in [6.45, 7) is 5.18. The van der Waals surface area contributed by atoms with Gasteiger partial charge in [-0.25, -0.2) is 4.79 Å². The Morgan fingerprint density at radius 2 is 2.12 bits per heavy atom. The maximum Gasteiger partial charge on any atom is 0.340 e. The molecule has 0 spiro atoms.